The number of carbonyl (C=O) groups is 1. The maximum atomic E-state index is 13.3. The molecule has 4 rings (SSSR count). The van der Waals surface area contributed by atoms with Crippen LogP contribution in [0.1, 0.15) is 35.6 Å². The Bertz CT molecular complexity index is 883. The van der Waals surface area contributed by atoms with Crippen molar-refractivity contribution >= 4 is 11.6 Å². The number of nitrogens with zero attached hydrogens (tertiary/aromatic N) is 3. The molecule has 3 heterocycles. The third-order valence-electron chi connectivity index (χ3n) is 5.76. The summed E-state index contributed by atoms with van der Waals surface area (Å²) in [6.45, 7) is 2.83. The van der Waals surface area contributed by atoms with E-state index in [9.17, 15) is 18.0 Å². The maximum absolute atomic E-state index is 13.3. The summed E-state index contributed by atoms with van der Waals surface area (Å²) in [6.07, 6.45) is 0.596. The molecule has 0 bridgehead atoms. The Morgan fingerprint density at radius 1 is 1.10 bits per heavy atom. The van der Waals surface area contributed by atoms with Crippen LogP contribution in [0.15, 0.2) is 42.7 Å². The van der Waals surface area contributed by atoms with Crippen molar-refractivity contribution in [3.8, 4) is 0 Å². The zero-order chi connectivity index (χ0) is 21.1. The fraction of sp³-hybridized carbons (Fsp3) is 0.455. The van der Waals surface area contributed by atoms with Crippen molar-refractivity contribution in [1.82, 2.24) is 9.88 Å². The first-order valence-electron chi connectivity index (χ1n) is 10.2. The van der Waals surface area contributed by atoms with E-state index in [-0.39, 0.29) is 18.4 Å². The minimum atomic E-state index is -4.45. The molecule has 1 aromatic carbocycles. The van der Waals surface area contributed by atoms with Gasteiger partial charge in [0.15, 0.2) is 0 Å². The molecular weight excluding hydrogens is 395 g/mol. The number of aromatic nitrogens is 1. The van der Waals surface area contributed by atoms with E-state index in [2.05, 4.69) is 4.98 Å². The van der Waals surface area contributed by atoms with Crippen LogP contribution in [-0.2, 0) is 22.1 Å². The number of halogens is 3. The molecule has 5 nitrogen and oxygen atoms in total. The van der Waals surface area contributed by atoms with E-state index >= 15 is 0 Å². The van der Waals surface area contributed by atoms with Crippen LogP contribution in [0.25, 0.3) is 0 Å². The molecule has 1 amide bonds. The van der Waals surface area contributed by atoms with Crippen molar-refractivity contribution in [3.05, 3.63) is 59.4 Å². The van der Waals surface area contributed by atoms with E-state index in [0.717, 1.165) is 30.5 Å². The number of anilines is 1. The molecule has 0 spiro atoms. The molecular formula is C22H24F3N3O2. The number of benzene rings is 1. The summed E-state index contributed by atoms with van der Waals surface area (Å²) >= 11 is 0. The number of likely N-dealkylation sites (tertiary alicyclic amines) is 1. The van der Waals surface area contributed by atoms with Crippen molar-refractivity contribution in [1.29, 1.82) is 0 Å². The van der Waals surface area contributed by atoms with Crippen molar-refractivity contribution in [2.75, 3.05) is 37.7 Å². The monoisotopic (exact) mass is 419 g/mol. The van der Waals surface area contributed by atoms with Crippen LogP contribution in [0.5, 0.6) is 0 Å². The van der Waals surface area contributed by atoms with Gasteiger partial charge in [-0.05, 0) is 54.3 Å². The van der Waals surface area contributed by atoms with Crippen molar-refractivity contribution in [2.24, 2.45) is 0 Å². The number of carbonyl (C=O) groups excluding carboxylic acids is 1. The summed E-state index contributed by atoms with van der Waals surface area (Å²) < 4.78 is 45.3. The Balaban J connectivity index is 1.61. The van der Waals surface area contributed by atoms with E-state index in [4.69, 9.17) is 4.74 Å². The summed E-state index contributed by atoms with van der Waals surface area (Å²) in [6, 6.07) is 7.42. The Hall–Kier alpha value is -2.61. The average Bonchev–Trinajstić information content (AvgIpc) is 3.24. The number of alkyl halides is 3. The van der Waals surface area contributed by atoms with E-state index in [1.165, 1.54) is 6.07 Å². The summed E-state index contributed by atoms with van der Waals surface area (Å²) in [7, 11) is 0. The van der Waals surface area contributed by atoms with E-state index in [0.29, 0.717) is 44.1 Å². The van der Waals surface area contributed by atoms with Crippen LogP contribution in [0.2, 0.25) is 0 Å². The van der Waals surface area contributed by atoms with E-state index < -0.39 is 11.7 Å². The molecule has 8 heteroatoms. The van der Waals surface area contributed by atoms with Gasteiger partial charge in [0.25, 0.3) is 0 Å². The number of morpholine rings is 1. The fourth-order valence-corrected chi connectivity index (χ4v) is 4.28. The molecule has 2 fully saturated rings. The third kappa shape index (κ3) is 4.43. The average molecular weight is 419 g/mol. The molecule has 160 valence electrons. The molecule has 0 saturated carbocycles. The van der Waals surface area contributed by atoms with Crippen LogP contribution in [-0.4, -0.2) is 48.6 Å². The highest BCUT2D eigenvalue weighted by atomic mass is 19.4. The first kappa shape index (κ1) is 20.7. The second kappa shape index (κ2) is 8.63. The molecule has 2 aliphatic heterocycles. The SMILES string of the molecule is O=C(Cc1cc(C(F)(F)F)ccc1N1CCOCC1)N1CCCC1c1ccncc1. The molecule has 2 aromatic rings. The van der Waals surface area contributed by atoms with Crippen molar-refractivity contribution < 1.29 is 22.7 Å². The van der Waals surface area contributed by atoms with Gasteiger partial charge in [-0.1, -0.05) is 0 Å². The Morgan fingerprint density at radius 3 is 2.53 bits per heavy atom. The zero-order valence-electron chi connectivity index (χ0n) is 16.6. The van der Waals surface area contributed by atoms with Gasteiger partial charge in [0, 0.05) is 37.7 Å². The number of ether oxygens (including phenoxy) is 1. The van der Waals surface area contributed by atoms with Gasteiger partial charge >= 0.3 is 6.18 Å². The van der Waals surface area contributed by atoms with Crippen LogP contribution in [0.4, 0.5) is 18.9 Å². The van der Waals surface area contributed by atoms with E-state index in [1.54, 1.807) is 17.3 Å². The van der Waals surface area contributed by atoms with Crippen molar-refractivity contribution in [3.63, 3.8) is 0 Å². The fourth-order valence-electron chi connectivity index (χ4n) is 4.28. The highest BCUT2D eigenvalue weighted by Gasteiger charge is 2.34. The van der Waals surface area contributed by atoms with Crippen LogP contribution < -0.4 is 4.90 Å². The highest BCUT2D eigenvalue weighted by molar-refractivity contribution is 5.81. The Labute approximate surface area is 173 Å². The van der Waals surface area contributed by atoms with Gasteiger partial charge in [-0.25, -0.2) is 0 Å². The van der Waals surface area contributed by atoms with Crippen LogP contribution >= 0.6 is 0 Å². The van der Waals surface area contributed by atoms with Gasteiger partial charge in [-0.15, -0.1) is 0 Å². The molecule has 1 aromatic heterocycles. The predicted molar refractivity (Wildman–Crippen MR) is 106 cm³/mol. The van der Waals surface area contributed by atoms with Gasteiger partial charge < -0.3 is 14.5 Å². The second-order valence-electron chi connectivity index (χ2n) is 7.64. The van der Waals surface area contributed by atoms with Gasteiger partial charge in [0.1, 0.15) is 0 Å². The Kier molecular flexibility index (Phi) is 5.94. The zero-order valence-corrected chi connectivity index (χ0v) is 16.6. The lowest BCUT2D eigenvalue weighted by Crippen LogP contribution is -2.37. The lowest BCUT2D eigenvalue weighted by atomic mass is 10.0. The standard InChI is InChI=1S/C22H24F3N3O2/c23-22(24,25)18-3-4-19(27-10-12-30-13-11-27)17(14-18)15-21(29)28-9-1-2-20(28)16-5-7-26-8-6-16/h3-8,14,20H,1-2,9-13,15H2. The molecule has 30 heavy (non-hydrogen) atoms. The van der Waals surface area contributed by atoms with Gasteiger partial charge in [-0.2, -0.15) is 13.2 Å². The van der Waals surface area contributed by atoms with Crippen LogP contribution in [0.3, 0.4) is 0 Å². The molecule has 1 unspecified atom stereocenters. The lowest BCUT2D eigenvalue weighted by molar-refractivity contribution is -0.138. The van der Waals surface area contributed by atoms with Gasteiger partial charge in [0.05, 0.1) is 31.2 Å². The highest BCUT2D eigenvalue weighted by Crippen LogP contribution is 2.35. The molecule has 0 radical (unpaired) electrons. The predicted octanol–water partition coefficient (Wildman–Crippen LogP) is 3.84. The lowest BCUT2D eigenvalue weighted by Gasteiger charge is -2.32. The second-order valence-corrected chi connectivity index (χ2v) is 7.64. The molecule has 2 aliphatic rings. The molecule has 1 atom stereocenters. The summed E-state index contributed by atoms with van der Waals surface area (Å²) in [5.74, 6) is -0.150. The number of hydrogen-bond acceptors (Lipinski definition) is 4. The summed E-state index contributed by atoms with van der Waals surface area (Å²) in [4.78, 5) is 21.0. The number of pyridine rings is 1. The number of amides is 1. The van der Waals surface area contributed by atoms with E-state index in [1.807, 2.05) is 17.0 Å². The van der Waals surface area contributed by atoms with Gasteiger partial charge in [-0.3, -0.25) is 9.78 Å². The first-order valence-corrected chi connectivity index (χ1v) is 10.2. The van der Waals surface area contributed by atoms with Gasteiger partial charge in [0.2, 0.25) is 5.91 Å². The molecule has 2 saturated heterocycles. The maximum Gasteiger partial charge on any atom is 0.416 e. The quantitative estimate of drug-likeness (QED) is 0.756. The minimum absolute atomic E-state index is 0.0573. The third-order valence-corrected chi connectivity index (χ3v) is 5.76. The Morgan fingerprint density at radius 2 is 1.83 bits per heavy atom. The molecule has 0 aliphatic carbocycles. The number of rotatable bonds is 4. The van der Waals surface area contributed by atoms with Crippen LogP contribution in [0, 0.1) is 0 Å². The first-order chi connectivity index (χ1) is 14.4. The number of hydrogen-bond donors (Lipinski definition) is 0. The smallest absolute Gasteiger partial charge is 0.378 e. The largest absolute Gasteiger partial charge is 0.416 e. The summed E-state index contributed by atoms with van der Waals surface area (Å²) in [5, 5.41) is 0. The molecule has 0 N–H and O–H groups in total. The van der Waals surface area contributed by atoms with Crippen molar-refractivity contribution in [2.45, 2.75) is 31.5 Å². The normalized spacial score (nSPS) is 19.9. The topological polar surface area (TPSA) is 45.7 Å². The summed E-state index contributed by atoms with van der Waals surface area (Å²) in [5.41, 5.74) is 1.37. The minimum Gasteiger partial charge on any atom is -0.378 e.